The number of H-pyrrole nitrogens is 1. The molecule has 1 atom stereocenters. The van der Waals surface area contributed by atoms with Crippen LogP contribution in [0.2, 0.25) is 5.02 Å². The number of alkyl carbamates (subject to hydrolysis) is 1. The lowest BCUT2D eigenvalue weighted by molar-refractivity contribution is -0.136. The molecule has 6 rings (SSSR count). The van der Waals surface area contributed by atoms with E-state index in [0.29, 0.717) is 10.8 Å². The minimum absolute atomic E-state index is 0.0339. The lowest BCUT2D eigenvalue weighted by atomic mass is 10.1. The van der Waals surface area contributed by atoms with Crippen LogP contribution in [0, 0.1) is 6.92 Å². The van der Waals surface area contributed by atoms with Crippen LogP contribution in [0.1, 0.15) is 16.9 Å². The Labute approximate surface area is 262 Å². The Bertz CT molecular complexity index is 2050. The van der Waals surface area contributed by atoms with Crippen LogP contribution in [0.3, 0.4) is 0 Å². The molecule has 0 saturated heterocycles. The number of benzene rings is 4. The maximum atomic E-state index is 13.5. The van der Waals surface area contributed by atoms with Gasteiger partial charge in [0.2, 0.25) is 11.2 Å². The van der Waals surface area contributed by atoms with Crippen molar-refractivity contribution in [1.82, 2.24) is 10.3 Å². The van der Waals surface area contributed by atoms with Crippen molar-refractivity contribution in [3.05, 3.63) is 135 Å². The minimum Gasteiger partial charge on any atom is -0.457 e. The number of nitrogens with one attached hydrogen (secondary N) is 2. The topological polar surface area (TPSA) is 120 Å². The summed E-state index contributed by atoms with van der Waals surface area (Å²) in [6.45, 7) is 1.64. The third kappa shape index (κ3) is 6.84. The molecule has 6 aromatic rings. The fourth-order valence-electron chi connectivity index (χ4n) is 4.88. The van der Waals surface area contributed by atoms with Gasteiger partial charge in [-0.3, -0.25) is 4.79 Å². The average Bonchev–Trinajstić information content (AvgIpc) is 3.45. The largest absolute Gasteiger partial charge is 0.457 e. The van der Waals surface area contributed by atoms with E-state index >= 15 is 0 Å². The number of ether oxygens (including phenoxy) is 3. The number of carbonyl (C=O) groups is 2. The molecule has 2 aromatic heterocycles. The van der Waals surface area contributed by atoms with Gasteiger partial charge < -0.3 is 28.9 Å². The van der Waals surface area contributed by atoms with Gasteiger partial charge in [0.1, 0.15) is 35.5 Å². The Hall–Kier alpha value is -5.54. The highest BCUT2D eigenvalue weighted by molar-refractivity contribution is 6.30. The lowest BCUT2D eigenvalue weighted by Gasteiger charge is -2.18. The Morgan fingerprint density at radius 2 is 1.64 bits per heavy atom. The number of rotatable bonds is 9. The highest BCUT2D eigenvalue weighted by Crippen LogP contribution is 2.28. The summed E-state index contributed by atoms with van der Waals surface area (Å²) in [5.74, 6) is 0.108. The number of amides is 1. The number of esters is 1. The van der Waals surface area contributed by atoms with E-state index in [9.17, 15) is 14.4 Å². The molecule has 2 N–H and O–H groups in total. The summed E-state index contributed by atoms with van der Waals surface area (Å²) in [4.78, 5) is 42.7. The monoisotopic (exact) mass is 622 g/mol. The van der Waals surface area contributed by atoms with Gasteiger partial charge in [-0.1, -0.05) is 60.1 Å². The molecular weight excluding hydrogens is 596 g/mol. The fourth-order valence-corrected chi connectivity index (χ4v) is 5.00. The quantitative estimate of drug-likeness (QED) is 0.127. The van der Waals surface area contributed by atoms with E-state index in [-0.39, 0.29) is 46.7 Å². The molecule has 45 heavy (non-hydrogen) atoms. The van der Waals surface area contributed by atoms with Gasteiger partial charge in [0.15, 0.2) is 0 Å². The molecule has 0 aliphatic carbocycles. The van der Waals surface area contributed by atoms with E-state index in [1.165, 1.54) is 18.2 Å². The van der Waals surface area contributed by atoms with Crippen molar-refractivity contribution in [1.29, 1.82) is 0 Å². The van der Waals surface area contributed by atoms with Crippen LogP contribution in [0.5, 0.6) is 17.2 Å². The third-order valence-corrected chi connectivity index (χ3v) is 7.38. The van der Waals surface area contributed by atoms with Crippen molar-refractivity contribution in [2.45, 2.75) is 26.0 Å². The molecule has 0 aliphatic rings. The zero-order chi connectivity index (χ0) is 31.3. The zero-order valence-electron chi connectivity index (χ0n) is 24.0. The van der Waals surface area contributed by atoms with Crippen LogP contribution < -0.4 is 20.2 Å². The summed E-state index contributed by atoms with van der Waals surface area (Å²) < 4.78 is 22.8. The van der Waals surface area contributed by atoms with E-state index in [1.54, 1.807) is 37.4 Å². The smallest absolute Gasteiger partial charge is 0.408 e. The molecule has 0 aliphatic heterocycles. The van der Waals surface area contributed by atoms with Gasteiger partial charge in [0.25, 0.3) is 0 Å². The first-order chi connectivity index (χ1) is 21.8. The molecule has 0 fully saturated rings. The van der Waals surface area contributed by atoms with E-state index in [2.05, 4.69) is 10.3 Å². The van der Waals surface area contributed by atoms with Crippen LogP contribution in [-0.4, -0.2) is 23.1 Å². The molecule has 0 saturated carbocycles. The number of aryl methyl sites for hydroxylation is 1. The summed E-state index contributed by atoms with van der Waals surface area (Å²) in [5.41, 5.74) is 2.32. The molecule has 10 heteroatoms. The van der Waals surface area contributed by atoms with Crippen molar-refractivity contribution < 1.29 is 28.2 Å². The van der Waals surface area contributed by atoms with Crippen molar-refractivity contribution in [3.63, 3.8) is 0 Å². The second-order valence-corrected chi connectivity index (χ2v) is 10.7. The molecule has 2 heterocycles. The van der Waals surface area contributed by atoms with E-state index in [1.807, 2.05) is 54.6 Å². The average molecular weight is 623 g/mol. The molecule has 1 amide bonds. The van der Waals surface area contributed by atoms with Crippen molar-refractivity contribution >= 4 is 45.5 Å². The maximum Gasteiger partial charge on any atom is 0.408 e. The second-order valence-electron chi connectivity index (χ2n) is 10.3. The van der Waals surface area contributed by atoms with Crippen LogP contribution in [-0.2, 0) is 22.6 Å². The summed E-state index contributed by atoms with van der Waals surface area (Å²) in [6.07, 6.45) is 1.16. The van der Waals surface area contributed by atoms with Gasteiger partial charge in [0, 0.05) is 34.6 Å². The number of aromatic nitrogens is 1. The van der Waals surface area contributed by atoms with Crippen molar-refractivity contribution in [2.24, 2.45) is 0 Å². The lowest BCUT2D eigenvalue weighted by Crippen LogP contribution is -2.44. The molecule has 226 valence electrons. The number of hydrogen-bond donors (Lipinski definition) is 2. The fraction of sp³-hybridized carbons (Fsp3) is 0.114. The second kappa shape index (κ2) is 13.0. The molecule has 9 nitrogen and oxygen atoms in total. The number of fused-ring (bicyclic) bond motifs is 2. The van der Waals surface area contributed by atoms with Gasteiger partial charge in [-0.15, -0.1) is 0 Å². The predicted molar refractivity (Wildman–Crippen MR) is 170 cm³/mol. The van der Waals surface area contributed by atoms with E-state index in [0.717, 1.165) is 22.0 Å². The normalized spacial score (nSPS) is 11.7. The summed E-state index contributed by atoms with van der Waals surface area (Å²) in [6, 6.07) is 26.8. The SMILES string of the molecule is Cc1oc2cc(OC(=O)C(Cc3c[nH]c4ccccc34)NC(=O)OCc3ccccc3)ccc2c(=O)c1Oc1ccc(Cl)cc1. The van der Waals surface area contributed by atoms with Crippen LogP contribution in [0.4, 0.5) is 4.79 Å². The highest BCUT2D eigenvalue weighted by Gasteiger charge is 2.26. The number of aromatic amines is 1. The van der Waals surface area contributed by atoms with Gasteiger partial charge in [-0.25, -0.2) is 9.59 Å². The molecule has 0 spiro atoms. The Kier molecular flexibility index (Phi) is 8.52. The first-order valence-electron chi connectivity index (χ1n) is 14.1. The summed E-state index contributed by atoms with van der Waals surface area (Å²) >= 11 is 5.95. The van der Waals surface area contributed by atoms with Gasteiger partial charge in [0.05, 0.1) is 5.39 Å². The summed E-state index contributed by atoms with van der Waals surface area (Å²) in [5, 5.41) is 4.34. The molecule has 0 radical (unpaired) electrons. The number of para-hydroxylation sites is 1. The van der Waals surface area contributed by atoms with Crippen LogP contribution in [0.15, 0.2) is 112 Å². The predicted octanol–water partition coefficient (Wildman–Crippen LogP) is 7.47. The van der Waals surface area contributed by atoms with Crippen molar-refractivity contribution in [2.75, 3.05) is 0 Å². The number of carbonyl (C=O) groups excluding carboxylic acids is 2. The van der Waals surface area contributed by atoms with Crippen LogP contribution >= 0.6 is 11.6 Å². The first-order valence-corrected chi connectivity index (χ1v) is 14.5. The molecule has 4 aromatic carbocycles. The first kappa shape index (κ1) is 29.5. The highest BCUT2D eigenvalue weighted by atomic mass is 35.5. The number of halogens is 1. The van der Waals surface area contributed by atoms with Gasteiger partial charge >= 0.3 is 12.1 Å². The standard InChI is InChI=1S/C35H27ClN2O7/c1-21-33(44-25-13-11-24(36)12-14-25)32(39)28-16-15-26(18-31(28)43-21)45-34(40)30(17-23-19-37-29-10-6-5-9-27(23)29)38-35(41)42-20-22-7-3-2-4-8-22/h2-16,18-19,30,37H,17,20H2,1H3,(H,38,41). The Balaban J connectivity index is 1.22. The Morgan fingerprint density at radius 1 is 0.911 bits per heavy atom. The van der Waals surface area contributed by atoms with Gasteiger partial charge in [-0.2, -0.15) is 0 Å². The molecular formula is C35H27ClN2O7. The summed E-state index contributed by atoms with van der Waals surface area (Å²) in [7, 11) is 0. The third-order valence-electron chi connectivity index (χ3n) is 7.13. The van der Waals surface area contributed by atoms with Crippen LogP contribution in [0.25, 0.3) is 21.9 Å². The van der Waals surface area contributed by atoms with Gasteiger partial charge in [-0.05, 0) is 60.5 Å². The Morgan fingerprint density at radius 3 is 2.44 bits per heavy atom. The maximum absolute atomic E-state index is 13.5. The molecule has 0 bridgehead atoms. The van der Waals surface area contributed by atoms with E-state index in [4.69, 9.17) is 30.2 Å². The minimum atomic E-state index is -1.09. The van der Waals surface area contributed by atoms with Crippen molar-refractivity contribution in [3.8, 4) is 17.2 Å². The number of hydrogen-bond acceptors (Lipinski definition) is 7. The molecule has 1 unspecified atom stereocenters. The zero-order valence-corrected chi connectivity index (χ0v) is 24.8. The van der Waals surface area contributed by atoms with E-state index < -0.39 is 18.1 Å².